The number of ether oxygens (including phenoxy) is 1. The minimum Gasteiger partial charge on any atom is -0.368 e. The van der Waals surface area contributed by atoms with Crippen molar-refractivity contribution in [1.29, 1.82) is 0 Å². The molecule has 1 rings (SSSR count). The van der Waals surface area contributed by atoms with Gasteiger partial charge in [-0.25, -0.2) is 0 Å². The summed E-state index contributed by atoms with van der Waals surface area (Å²) in [6.45, 7) is 17.8. The van der Waals surface area contributed by atoms with Crippen LogP contribution >= 0.6 is 0 Å². The zero-order valence-electron chi connectivity index (χ0n) is 14.9. The summed E-state index contributed by atoms with van der Waals surface area (Å²) in [6.07, 6.45) is 2.44. The van der Waals surface area contributed by atoms with Crippen LogP contribution in [-0.2, 0) is 4.74 Å². The topological polar surface area (TPSA) is 24.5 Å². The quantitative estimate of drug-likeness (QED) is 0.776. The fourth-order valence-corrected chi connectivity index (χ4v) is 4.01. The van der Waals surface area contributed by atoms with Gasteiger partial charge in [0.05, 0.1) is 11.2 Å². The van der Waals surface area contributed by atoms with E-state index < -0.39 is 0 Å². The fraction of sp³-hybridized carbons (Fsp3) is 1.00. The number of hydrogen-bond donors (Lipinski definition) is 1. The maximum Gasteiger partial charge on any atom is 0.0790 e. The molecular formula is C17H36N2O. The summed E-state index contributed by atoms with van der Waals surface area (Å²) in [5.74, 6) is 0.517. The van der Waals surface area contributed by atoms with Crippen molar-refractivity contribution in [3.05, 3.63) is 0 Å². The molecule has 1 fully saturated rings. The van der Waals surface area contributed by atoms with E-state index in [1.165, 1.54) is 12.8 Å². The molecule has 2 unspecified atom stereocenters. The first-order valence-corrected chi connectivity index (χ1v) is 8.33. The Kier molecular flexibility index (Phi) is 6.06. The molecule has 120 valence electrons. The van der Waals surface area contributed by atoms with Gasteiger partial charge in [0.1, 0.15) is 0 Å². The van der Waals surface area contributed by atoms with Crippen LogP contribution in [0.15, 0.2) is 0 Å². The van der Waals surface area contributed by atoms with Gasteiger partial charge in [0.25, 0.3) is 0 Å². The zero-order valence-corrected chi connectivity index (χ0v) is 14.9. The molecule has 2 atom stereocenters. The van der Waals surface area contributed by atoms with E-state index in [1.54, 1.807) is 0 Å². The molecule has 0 radical (unpaired) electrons. The number of nitrogens with one attached hydrogen (secondary N) is 1. The number of hydrogen-bond acceptors (Lipinski definition) is 3. The molecule has 0 saturated carbocycles. The Morgan fingerprint density at radius 3 is 2.05 bits per heavy atom. The van der Waals surface area contributed by atoms with E-state index in [1.807, 2.05) is 0 Å². The maximum atomic E-state index is 6.37. The Hall–Kier alpha value is -0.120. The van der Waals surface area contributed by atoms with E-state index in [0.717, 1.165) is 13.1 Å². The van der Waals surface area contributed by atoms with Gasteiger partial charge >= 0.3 is 0 Å². The second-order valence-electron chi connectivity index (χ2n) is 7.36. The van der Waals surface area contributed by atoms with Crippen molar-refractivity contribution in [3.63, 3.8) is 0 Å². The highest BCUT2D eigenvalue weighted by Gasteiger charge is 2.53. The average molecular weight is 284 g/mol. The predicted octanol–water partition coefficient (Wildman–Crippen LogP) is 3.29. The highest BCUT2D eigenvalue weighted by atomic mass is 16.5. The number of likely N-dealkylation sites (N-methyl/N-ethyl adjacent to an activating group) is 1. The lowest BCUT2D eigenvalue weighted by atomic mass is 9.81. The first-order valence-electron chi connectivity index (χ1n) is 8.33. The first-order chi connectivity index (χ1) is 9.19. The van der Waals surface area contributed by atoms with Crippen molar-refractivity contribution in [2.45, 2.75) is 84.6 Å². The van der Waals surface area contributed by atoms with E-state index in [-0.39, 0.29) is 11.2 Å². The molecule has 1 N–H and O–H groups in total. The summed E-state index contributed by atoms with van der Waals surface area (Å²) in [5, 5.41) is 3.67. The Bertz CT molecular complexity index is 297. The maximum absolute atomic E-state index is 6.37. The smallest absolute Gasteiger partial charge is 0.0790 e. The van der Waals surface area contributed by atoms with Crippen molar-refractivity contribution in [1.82, 2.24) is 10.2 Å². The van der Waals surface area contributed by atoms with Gasteiger partial charge in [0.2, 0.25) is 0 Å². The van der Waals surface area contributed by atoms with Gasteiger partial charge in [0, 0.05) is 24.5 Å². The van der Waals surface area contributed by atoms with Crippen LogP contribution in [0.1, 0.15) is 61.3 Å². The van der Waals surface area contributed by atoms with E-state index in [2.05, 4.69) is 65.7 Å². The SMILES string of the molecule is CCNC1C(CN(C)C(CC)CC)C(C)(C)OC1(C)C. The largest absolute Gasteiger partial charge is 0.368 e. The normalized spacial score (nSPS) is 28.5. The van der Waals surface area contributed by atoms with Gasteiger partial charge in [-0.2, -0.15) is 0 Å². The van der Waals surface area contributed by atoms with Gasteiger partial charge in [-0.1, -0.05) is 20.8 Å². The van der Waals surface area contributed by atoms with Crippen LogP contribution in [-0.4, -0.2) is 48.3 Å². The van der Waals surface area contributed by atoms with Crippen LogP contribution in [0.5, 0.6) is 0 Å². The van der Waals surface area contributed by atoms with Crippen LogP contribution in [0.2, 0.25) is 0 Å². The van der Waals surface area contributed by atoms with Gasteiger partial charge in [0.15, 0.2) is 0 Å². The second kappa shape index (κ2) is 6.76. The van der Waals surface area contributed by atoms with Crippen molar-refractivity contribution in [2.24, 2.45) is 5.92 Å². The molecular weight excluding hydrogens is 248 g/mol. The Labute approximate surface area is 126 Å². The predicted molar refractivity (Wildman–Crippen MR) is 87.2 cm³/mol. The molecule has 20 heavy (non-hydrogen) atoms. The van der Waals surface area contributed by atoms with E-state index in [4.69, 9.17) is 4.74 Å². The van der Waals surface area contributed by atoms with Crippen molar-refractivity contribution in [2.75, 3.05) is 20.1 Å². The van der Waals surface area contributed by atoms with Crippen LogP contribution < -0.4 is 5.32 Å². The molecule has 0 aromatic heterocycles. The summed E-state index contributed by atoms with van der Waals surface area (Å²) in [4.78, 5) is 2.53. The first kappa shape index (κ1) is 17.9. The third-order valence-electron chi connectivity index (χ3n) is 5.04. The summed E-state index contributed by atoms with van der Waals surface area (Å²) in [5.41, 5.74) is -0.171. The molecule has 0 bridgehead atoms. The molecule has 1 saturated heterocycles. The molecule has 0 aromatic rings. The molecule has 0 aliphatic carbocycles. The van der Waals surface area contributed by atoms with Crippen LogP contribution in [0.4, 0.5) is 0 Å². The Morgan fingerprint density at radius 2 is 1.60 bits per heavy atom. The molecule has 3 heteroatoms. The molecule has 0 spiro atoms. The number of rotatable bonds is 7. The lowest BCUT2D eigenvalue weighted by Crippen LogP contribution is -2.51. The zero-order chi connectivity index (χ0) is 15.6. The monoisotopic (exact) mass is 284 g/mol. The van der Waals surface area contributed by atoms with Gasteiger partial charge in [-0.05, 0) is 54.1 Å². The third-order valence-corrected chi connectivity index (χ3v) is 5.04. The molecule has 0 amide bonds. The highest BCUT2D eigenvalue weighted by Crippen LogP contribution is 2.42. The summed E-state index contributed by atoms with van der Waals surface area (Å²) < 4.78 is 6.37. The third kappa shape index (κ3) is 3.75. The second-order valence-corrected chi connectivity index (χ2v) is 7.36. The Morgan fingerprint density at radius 1 is 1.05 bits per heavy atom. The molecule has 1 aliphatic heterocycles. The standard InChI is InChI=1S/C17H36N2O/c1-9-13(10-2)19(8)12-14-15(18-11-3)17(6,7)20-16(14,4)5/h13-15,18H,9-12H2,1-8H3. The summed E-state index contributed by atoms with van der Waals surface area (Å²) in [7, 11) is 2.27. The van der Waals surface area contributed by atoms with E-state index in [9.17, 15) is 0 Å². The van der Waals surface area contributed by atoms with Gasteiger partial charge < -0.3 is 15.0 Å². The van der Waals surface area contributed by atoms with Crippen molar-refractivity contribution < 1.29 is 4.74 Å². The number of nitrogens with zero attached hydrogens (tertiary/aromatic N) is 1. The molecule has 1 aliphatic rings. The summed E-state index contributed by atoms with van der Waals surface area (Å²) >= 11 is 0. The van der Waals surface area contributed by atoms with E-state index >= 15 is 0 Å². The van der Waals surface area contributed by atoms with E-state index in [0.29, 0.717) is 18.0 Å². The Balaban J connectivity index is 2.88. The van der Waals surface area contributed by atoms with Crippen molar-refractivity contribution in [3.8, 4) is 0 Å². The average Bonchev–Trinajstić information content (AvgIpc) is 2.49. The molecule has 0 aromatic carbocycles. The summed E-state index contributed by atoms with van der Waals surface area (Å²) in [6, 6.07) is 1.09. The van der Waals surface area contributed by atoms with Crippen LogP contribution in [0.3, 0.4) is 0 Å². The van der Waals surface area contributed by atoms with Crippen LogP contribution in [0, 0.1) is 5.92 Å². The minimum absolute atomic E-state index is 0.0728. The lowest BCUT2D eigenvalue weighted by Gasteiger charge is -2.36. The van der Waals surface area contributed by atoms with Gasteiger partial charge in [-0.15, -0.1) is 0 Å². The molecule has 1 heterocycles. The lowest BCUT2D eigenvalue weighted by molar-refractivity contribution is -0.0798. The van der Waals surface area contributed by atoms with Crippen molar-refractivity contribution >= 4 is 0 Å². The van der Waals surface area contributed by atoms with Gasteiger partial charge in [-0.3, -0.25) is 0 Å². The highest BCUT2D eigenvalue weighted by molar-refractivity contribution is 5.06. The molecule has 3 nitrogen and oxygen atoms in total. The minimum atomic E-state index is -0.0983. The van der Waals surface area contributed by atoms with Crippen LogP contribution in [0.25, 0.3) is 0 Å². The fourth-order valence-electron chi connectivity index (χ4n) is 4.01.